The minimum atomic E-state index is 0.223. The molecule has 1 aromatic heterocycles. The summed E-state index contributed by atoms with van der Waals surface area (Å²) in [6.07, 6.45) is 0. The van der Waals surface area contributed by atoms with E-state index in [0.29, 0.717) is 0 Å². The van der Waals surface area contributed by atoms with Crippen molar-refractivity contribution in [2.75, 3.05) is 0 Å². The molecule has 10 heavy (non-hydrogen) atoms. The Balaban J connectivity index is 2.82. The maximum Gasteiger partial charge on any atom is 0.0451 e. The van der Waals surface area contributed by atoms with Gasteiger partial charge in [0.1, 0.15) is 0 Å². The molecule has 0 aromatic carbocycles. The summed E-state index contributed by atoms with van der Waals surface area (Å²) in [6, 6.07) is 0.223. The fourth-order valence-corrected chi connectivity index (χ4v) is 2.42. The van der Waals surface area contributed by atoms with Crippen LogP contribution < -0.4 is 11.3 Å². The molecular weight excluding hydrogens is 212 g/mol. The molecule has 0 aliphatic carbocycles. The summed E-state index contributed by atoms with van der Waals surface area (Å²) >= 11 is 5.09. The van der Waals surface area contributed by atoms with E-state index in [-0.39, 0.29) is 6.04 Å². The molecule has 0 amide bonds. The van der Waals surface area contributed by atoms with Crippen LogP contribution in [0.25, 0.3) is 0 Å². The first-order chi connectivity index (χ1) is 4.75. The van der Waals surface area contributed by atoms with E-state index in [1.165, 1.54) is 5.56 Å². The lowest BCUT2D eigenvalue weighted by atomic mass is 10.2. The quantitative estimate of drug-likeness (QED) is 0.592. The Morgan fingerprint density at radius 1 is 1.70 bits per heavy atom. The van der Waals surface area contributed by atoms with Crippen LogP contribution in [0.4, 0.5) is 0 Å². The lowest BCUT2D eigenvalue weighted by Crippen LogP contribution is -2.25. The van der Waals surface area contributed by atoms with Gasteiger partial charge in [-0.05, 0) is 33.8 Å². The third-order valence-electron chi connectivity index (χ3n) is 1.36. The summed E-state index contributed by atoms with van der Waals surface area (Å²) in [5.41, 5.74) is 3.90. The van der Waals surface area contributed by atoms with E-state index in [9.17, 15) is 0 Å². The van der Waals surface area contributed by atoms with Gasteiger partial charge >= 0.3 is 0 Å². The van der Waals surface area contributed by atoms with Crippen molar-refractivity contribution in [3.8, 4) is 0 Å². The van der Waals surface area contributed by atoms with Gasteiger partial charge < -0.3 is 0 Å². The largest absolute Gasteiger partial charge is 0.271 e. The lowest BCUT2D eigenvalue weighted by Gasteiger charge is -2.07. The van der Waals surface area contributed by atoms with Gasteiger partial charge in [0.15, 0.2) is 0 Å². The van der Waals surface area contributed by atoms with Crippen LogP contribution in [-0.2, 0) is 0 Å². The van der Waals surface area contributed by atoms with Gasteiger partial charge in [0, 0.05) is 15.9 Å². The zero-order chi connectivity index (χ0) is 7.56. The van der Waals surface area contributed by atoms with E-state index in [1.54, 1.807) is 11.3 Å². The molecule has 2 nitrogen and oxygen atoms in total. The molecule has 0 fully saturated rings. The first-order valence-corrected chi connectivity index (χ1v) is 4.67. The fraction of sp³-hybridized carbons (Fsp3) is 0.333. The van der Waals surface area contributed by atoms with Crippen molar-refractivity contribution in [3.05, 3.63) is 20.8 Å². The Morgan fingerprint density at radius 3 is 2.80 bits per heavy atom. The van der Waals surface area contributed by atoms with Crippen LogP contribution in [0, 0.1) is 0 Å². The van der Waals surface area contributed by atoms with Crippen molar-refractivity contribution in [2.24, 2.45) is 5.84 Å². The normalized spacial score (nSPS) is 13.5. The molecule has 1 atom stereocenters. The zero-order valence-corrected chi connectivity index (χ0v) is 8.00. The lowest BCUT2D eigenvalue weighted by molar-refractivity contribution is 0.602. The molecule has 4 heteroatoms. The van der Waals surface area contributed by atoms with Crippen LogP contribution in [0.2, 0.25) is 0 Å². The van der Waals surface area contributed by atoms with Crippen molar-refractivity contribution in [1.29, 1.82) is 0 Å². The highest BCUT2D eigenvalue weighted by atomic mass is 79.9. The highest BCUT2D eigenvalue weighted by Gasteiger charge is 2.06. The van der Waals surface area contributed by atoms with Gasteiger partial charge in [-0.2, -0.15) is 11.3 Å². The second-order valence-electron chi connectivity index (χ2n) is 2.06. The second kappa shape index (κ2) is 3.48. The number of hydrazine groups is 1. The Bertz CT molecular complexity index is 211. The van der Waals surface area contributed by atoms with Crippen LogP contribution in [0.15, 0.2) is 15.2 Å². The standard InChI is InChI=1S/C6H9BrN2S/c1-4(9-8)5-2-10-3-6(5)7/h2-4,9H,8H2,1H3. The molecule has 0 aliphatic rings. The van der Waals surface area contributed by atoms with Crippen molar-refractivity contribution in [3.63, 3.8) is 0 Å². The van der Waals surface area contributed by atoms with Gasteiger partial charge in [-0.3, -0.25) is 11.3 Å². The molecule has 1 unspecified atom stereocenters. The summed E-state index contributed by atoms with van der Waals surface area (Å²) in [7, 11) is 0. The predicted octanol–water partition coefficient (Wildman–Crippen LogP) is 2.03. The summed E-state index contributed by atoms with van der Waals surface area (Å²) in [5.74, 6) is 5.27. The van der Waals surface area contributed by atoms with E-state index < -0.39 is 0 Å². The molecule has 0 aliphatic heterocycles. The van der Waals surface area contributed by atoms with E-state index in [0.717, 1.165) is 4.47 Å². The molecule has 0 saturated heterocycles. The van der Waals surface area contributed by atoms with Crippen molar-refractivity contribution < 1.29 is 0 Å². The van der Waals surface area contributed by atoms with Gasteiger partial charge in [-0.15, -0.1) is 0 Å². The Labute approximate surface area is 72.5 Å². The smallest absolute Gasteiger partial charge is 0.0451 e. The molecule has 3 N–H and O–H groups in total. The number of nitrogens with two attached hydrogens (primary N) is 1. The molecule has 0 spiro atoms. The summed E-state index contributed by atoms with van der Waals surface area (Å²) < 4.78 is 1.13. The van der Waals surface area contributed by atoms with E-state index in [2.05, 4.69) is 26.7 Å². The van der Waals surface area contributed by atoms with Crippen molar-refractivity contribution in [2.45, 2.75) is 13.0 Å². The maximum absolute atomic E-state index is 5.27. The Kier molecular flexibility index (Phi) is 2.85. The molecular formula is C6H9BrN2S. The maximum atomic E-state index is 5.27. The average Bonchev–Trinajstić information content (AvgIpc) is 2.34. The molecule has 0 bridgehead atoms. The minimum absolute atomic E-state index is 0.223. The third kappa shape index (κ3) is 1.58. The number of hydrogen-bond donors (Lipinski definition) is 2. The van der Waals surface area contributed by atoms with Crippen molar-refractivity contribution in [1.82, 2.24) is 5.43 Å². The molecule has 0 saturated carbocycles. The zero-order valence-electron chi connectivity index (χ0n) is 5.60. The first-order valence-electron chi connectivity index (χ1n) is 2.93. The number of rotatable bonds is 2. The SMILES string of the molecule is CC(NN)c1cscc1Br. The number of thiophene rings is 1. The van der Waals surface area contributed by atoms with Gasteiger partial charge in [0.05, 0.1) is 0 Å². The van der Waals surface area contributed by atoms with Crippen LogP contribution in [0.1, 0.15) is 18.5 Å². The van der Waals surface area contributed by atoms with Crippen LogP contribution in [0.5, 0.6) is 0 Å². The average molecular weight is 221 g/mol. The Morgan fingerprint density at radius 2 is 2.40 bits per heavy atom. The first kappa shape index (κ1) is 8.20. The summed E-state index contributed by atoms with van der Waals surface area (Å²) in [4.78, 5) is 0. The molecule has 1 heterocycles. The molecule has 1 rings (SSSR count). The highest BCUT2D eigenvalue weighted by molar-refractivity contribution is 9.10. The van der Waals surface area contributed by atoms with Gasteiger partial charge in [0.25, 0.3) is 0 Å². The van der Waals surface area contributed by atoms with E-state index >= 15 is 0 Å². The summed E-state index contributed by atoms with van der Waals surface area (Å²) in [6.45, 7) is 2.02. The topological polar surface area (TPSA) is 38.0 Å². The van der Waals surface area contributed by atoms with Gasteiger partial charge in [0.2, 0.25) is 0 Å². The monoisotopic (exact) mass is 220 g/mol. The van der Waals surface area contributed by atoms with Crippen LogP contribution >= 0.6 is 27.3 Å². The number of hydrogen-bond acceptors (Lipinski definition) is 3. The Hall–Kier alpha value is 0.100. The highest BCUT2D eigenvalue weighted by Crippen LogP contribution is 2.26. The predicted molar refractivity (Wildman–Crippen MR) is 47.8 cm³/mol. The minimum Gasteiger partial charge on any atom is -0.271 e. The van der Waals surface area contributed by atoms with E-state index in [4.69, 9.17) is 5.84 Å². The van der Waals surface area contributed by atoms with Gasteiger partial charge in [-0.1, -0.05) is 0 Å². The fourth-order valence-electron chi connectivity index (χ4n) is 0.690. The van der Waals surface area contributed by atoms with E-state index in [1.807, 2.05) is 12.3 Å². The number of halogens is 1. The van der Waals surface area contributed by atoms with Gasteiger partial charge in [-0.25, -0.2) is 0 Å². The van der Waals surface area contributed by atoms with Crippen LogP contribution in [-0.4, -0.2) is 0 Å². The molecule has 1 aromatic rings. The van der Waals surface area contributed by atoms with Crippen LogP contribution in [0.3, 0.4) is 0 Å². The molecule has 0 radical (unpaired) electrons. The summed E-state index contributed by atoms with van der Waals surface area (Å²) in [5, 5.41) is 4.12. The third-order valence-corrected chi connectivity index (χ3v) is 3.11. The number of nitrogens with one attached hydrogen (secondary N) is 1. The second-order valence-corrected chi connectivity index (χ2v) is 3.66. The van der Waals surface area contributed by atoms with Crippen molar-refractivity contribution >= 4 is 27.3 Å². The molecule has 56 valence electrons.